The molecule has 7 heteroatoms. The fourth-order valence-electron chi connectivity index (χ4n) is 1.59. The quantitative estimate of drug-likeness (QED) is 0.754. The van der Waals surface area contributed by atoms with Gasteiger partial charge in [-0.1, -0.05) is 6.92 Å². The van der Waals surface area contributed by atoms with Crippen LogP contribution in [-0.2, 0) is 19.7 Å². The molecule has 1 rings (SSSR count). The Morgan fingerprint density at radius 3 is 2.44 bits per heavy atom. The van der Waals surface area contributed by atoms with E-state index < -0.39 is 16.1 Å². The Morgan fingerprint density at radius 2 is 2.00 bits per heavy atom. The molecule has 16 heavy (non-hydrogen) atoms. The topological polar surface area (TPSA) is 75.7 Å². The lowest BCUT2D eigenvalue weighted by Crippen LogP contribution is -2.47. The summed E-state index contributed by atoms with van der Waals surface area (Å²) in [6.07, 6.45) is 1.61. The van der Waals surface area contributed by atoms with Crippen LogP contribution in [0.25, 0.3) is 0 Å². The Bertz CT molecular complexity index is 333. The van der Waals surface area contributed by atoms with Gasteiger partial charge in [0.25, 0.3) is 0 Å². The number of piperidine rings is 1. The molecule has 0 unspecified atom stereocenters. The van der Waals surface area contributed by atoms with Crippen LogP contribution in [0.4, 0.5) is 0 Å². The molecule has 0 aliphatic carbocycles. The summed E-state index contributed by atoms with van der Waals surface area (Å²) in [4.78, 5) is 11.0. The smallest absolute Gasteiger partial charge is 0.303 e. The highest BCUT2D eigenvalue weighted by molar-refractivity contribution is 7.87. The lowest BCUT2D eigenvalue weighted by Gasteiger charge is -2.30. The van der Waals surface area contributed by atoms with Crippen molar-refractivity contribution in [3.05, 3.63) is 0 Å². The molecule has 1 fully saturated rings. The molecule has 94 valence electrons. The fraction of sp³-hybridized carbons (Fsp3) is 0.889. The molecule has 6 nitrogen and oxygen atoms in total. The first kappa shape index (κ1) is 13.4. The van der Waals surface area contributed by atoms with Crippen LogP contribution in [0.15, 0.2) is 0 Å². The second-order valence-corrected chi connectivity index (χ2v) is 5.39. The van der Waals surface area contributed by atoms with Crippen molar-refractivity contribution in [2.75, 3.05) is 20.2 Å². The number of methoxy groups -OCH3 is 1. The van der Waals surface area contributed by atoms with E-state index in [9.17, 15) is 13.2 Å². The highest BCUT2D eigenvalue weighted by atomic mass is 32.2. The van der Waals surface area contributed by atoms with E-state index in [0.717, 1.165) is 0 Å². The summed E-state index contributed by atoms with van der Waals surface area (Å²) in [6, 6.07) is 0. The van der Waals surface area contributed by atoms with Gasteiger partial charge < -0.3 is 4.74 Å². The molecule has 0 aromatic rings. The number of carbonyl (C=O) groups excluding carboxylic acids is 1. The fourth-order valence-corrected chi connectivity index (χ4v) is 2.84. The van der Waals surface area contributed by atoms with Gasteiger partial charge >= 0.3 is 10.2 Å². The van der Waals surface area contributed by atoms with Crippen molar-refractivity contribution in [1.29, 1.82) is 0 Å². The number of hydrogen-bond acceptors (Lipinski definition) is 4. The molecule has 1 aliphatic heterocycles. The Morgan fingerprint density at radius 1 is 1.44 bits per heavy atom. The predicted molar refractivity (Wildman–Crippen MR) is 59.0 cm³/mol. The Hall–Kier alpha value is -0.660. The summed E-state index contributed by atoms with van der Waals surface area (Å²) in [6.45, 7) is 2.40. The van der Waals surface area contributed by atoms with Crippen molar-refractivity contribution < 1.29 is 17.9 Å². The monoisotopic (exact) mass is 250 g/mol. The number of amides is 1. The number of ether oxygens (including phenoxy) is 1. The van der Waals surface area contributed by atoms with Crippen molar-refractivity contribution in [3.63, 3.8) is 0 Å². The lowest BCUT2D eigenvalue weighted by molar-refractivity contribution is -0.119. The number of hydrogen-bond donors (Lipinski definition) is 1. The van der Waals surface area contributed by atoms with Crippen molar-refractivity contribution >= 4 is 16.1 Å². The zero-order valence-corrected chi connectivity index (χ0v) is 10.4. The lowest BCUT2D eigenvalue weighted by atomic mass is 10.1. The van der Waals surface area contributed by atoms with Crippen LogP contribution in [0.3, 0.4) is 0 Å². The summed E-state index contributed by atoms with van der Waals surface area (Å²) in [5, 5.41) is 0. The SMILES string of the molecule is CCC(=O)NS(=O)(=O)N1CCC(OC)CC1. The van der Waals surface area contributed by atoms with Gasteiger partial charge in [-0.3, -0.25) is 4.79 Å². The van der Waals surface area contributed by atoms with Crippen LogP contribution in [0.5, 0.6) is 0 Å². The van der Waals surface area contributed by atoms with Crippen molar-refractivity contribution in [1.82, 2.24) is 9.03 Å². The molecule has 1 heterocycles. The second kappa shape index (κ2) is 5.60. The van der Waals surface area contributed by atoms with Gasteiger partial charge in [-0.05, 0) is 12.8 Å². The van der Waals surface area contributed by atoms with Gasteiger partial charge in [-0.15, -0.1) is 0 Å². The van der Waals surface area contributed by atoms with E-state index in [0.29, 0.717) is 25.9 Å². The van der Waals surface area contributed by atoms with Gasteiger partial charge in [0.05, 0.1) is 6.10 Å². The summed E-state index contributed by atoms with van der Waals surface area (Å²) in [5.41, 5.74) is 0. The van der Waals surface area contributed by atoms with E-state index in [2.05, 4.69) is 0 Å². The maximum absolute atomic E-state index is 11.7. The zero-order chi connectivity index (χ0) is 12.2. The molecule has 0 bridgehead atoms. The van der Waals surface area contributed by atoms with Gasteiger partial charge in [-0.25, -0.2) is 4.72 Å². The minimum absolute atomic E-state index is 0.119. The van der Waals surface area contributed by atoms with Crippen molar-refractivity contribution in [3.8, 4) is 0 Å². The molecular formula is C9H18N2O4S. The summed E-state index contributed by atoms with van der Waals surface area (Å²) < 4.78 is 31.9. The largest absolute Gasteiger partial charge is 0.381 e. The number of rotatable bonds is 4. The van der Waals surface area contributed by atoms with Gasteiger partial charge in [0.15, 0.2) is 0 Å². The molecule has 1 amide bonds. The summed E-state index contributed by atoms with van der Waals surface area (Å²) in [7, 11) is -2.03. The average molecular weight is 250 g/mol. The van der Waals surface area contributed by atoms with E-state index in [4.69, 9.17) is 4.74 Å². The maximum Gasteiger partial charge on any atom is 0.303 e. The normalized spacial score (nSPS) is 19.6. The molecule has 1 N–H and O–H groups in total. The minimum atomic E-state index is -3.65. The van der Waals surface area contributed by atoms with Gasteiger partial charge in [0, 0.05) is 26.6 Å². The third-order valence-electron chi connectivity index (χ3n) is 2.64. The van der Waals surface area contributed by atoms with E-state index in [1.54, 1.807) is 14.0 Å². The molecule has 0 saturated carbocycles. The van der Waals surface area contributed by atoms with Crippen molar-refractivity contribution in [2.45, 2.75) is 32.3 Å². The van der Waals surface area contributed by atoms with Crippen LogP contribution in [0.2, 0.25) is 0 Å². The number of carbonyl (C=O) groups is 1. The summed E-state index contributed by atoms with van der Waals surface area (Å²) in [5.74, 6) is -0.478. The Balaban J connectivity index is 2.55. The summed E-state index contributed by atoms with van der Waals surface area (Å²) >= 11 is 0. The molecule has 0 radical (unpaired) electrons. The predicted octanol–water partition coefficient (Wildman–Crippen LogP) is -0.132. The molecule has 1 saturated heterocycles. The third kappa shape index (κ3) is 3.43. The van der Waals surface area contributed by atoms with Gasteiger partial charge in [-0.2, -0.15) is 12.7 Å². The van der Waals surface area contributed by atoms with Crippen LogP contribution in [0, 0.1) is 0 Å². The number of nitrogens with zero attached hydrogens (tertiary/aromatic N) is 1. The minimum Gasteiger partial charge on any atom is -0.381 e. The first-order chi connectivity index (χ1) is 7.49. The van der Waals surface area contributed by atoms with Crippen LogP contribution >= 0.6 is 0 Å². The first-order valence-corrected chi connectivity index (χ1v) is 6.77. The Kier molecular flexibility index (Phi) is 4.69. The highest BCUT2D eigenvalue weighted by Gasteiger charge is 2.28. The second-order valence-electron chi connectivity index (χ2n) is 3.72. The highest BCUT2D eigenvalue weighted by Crippen LogP contribution is 2.15. The standard InChI is InChI=1S/C9H18N2O4S/c1-3-9(12)10-16(13,14)11-6-4-8(15-2)5-7-11/h8H,3-7H2,1-2H3,(H,10,12). The number of nitrogens with one attached hydrogen (secondary N) is 1. The van der Waals surface area contributed by atoms with Crippen LogP contribution < -0.4 is 4.72 Å². The van der Waals surface area contributed by atoms with E-state index in [1.807, 2.05) is 4.72 Å². The van der Waals surface area contributed by atoms with Gasteiger partial charge in [0.2, 0.25) is 5.91 Å². The molecule has 1 aliphatic rings. The van der Waals surface area contributed by atoms with E-state index >= 15 is 0 Å². The first-order valence-electron chi connectivity index (χ1n) is 5.33. The zero-order valence-electron chi connectivity index (χ0n) is 9.60. The van der Waals surface area contributed by atoms with Crippen molar-refractivity contribution in [2.24, 2.45) is 0 Å². The van der Waals surface area contributed by atoms with Crippen LogP contribution in [-0.4, -0.2) is 44.9 Å². The van der Waals surface area contributed by atoms with E-state index in [1.165, 1.54) is 4.31 Å². The maximum atomic E-state index is 11.7. The molecule has 0 aromatic heterocycles. The van der Waals surface area contributed by atoms with Crippen LogP contribution in [0.1, 0.15) is 26.2 Å². The Labute approximate surface area is 96.1 Å². The van der Waals surface area contributed by atoms with Gasteiger partial charge in [0.1, 0.15) is 0 Å². The molecule has 0 spiro atoms. The molecule has 0 aromatic carbocycles. The average Bonchev–Trinajstić information content (AvgIpc) is 2.28. The van der Waals surface area contributed by atoms with E-state index in [-0.39, 0.29) is 12.5 Å². The molecular weight excluding hydrogens is 232 g/mol. The molecule has 0 atom stereocenters. The third-order valence-corrected chi connectivity index (χ3v) is 4.17.